The minimum absolute atomic E-state index is 0.0246. The Kier molecular flexibility index (Phi) is 2.93. The molecular weight excluding hydrogens is 262 g/mol. The number of H-pyrrole nitrogens is 1. The van der Waals surface area contributed by atoms with Crippen LogP contribution in [0.3, 0.4) is 0 Å². The zero-order valence-electron chi connectivity index (χ0n) is 8.73. The summed E-state index contributed by atoms with van der Waals surface area (Å²) in [5.74, 6) is -1.42. The van der Waals surface area contributed by atoms with Crippen molar-refractivity contribution in [1.82, 2.24) is 20.4 Å². The minimum atomic E-state index is -4.10. The summed E-state index contributed by atoms with van der Waals surface area (Å²) in [6.45, 7) is 0. The summed E-state index contributed by atoms with van der Waals surface area (Å²) in [7, 11) is -4.10. The maximum atomic E-state index is 11.9. The molecule has 0 spiro atoms. The number of nitrogens with zero attached hydrogens (tertiary/aromatic N) is 3. The van der Waals surface area contributed by atoms with Crippen molar-refractivity contribution < 1.29 is 18.3 Å². The lowest BCUT2D eigenvalue weighted by molar-refractivity contribution is 0.0692. The first-order valence-corrected chi connectivity index (χ1v) is 6.06. The Bertz CT molecular complexity index is 666. The van der Waals surface area contributed by atoms with E-state index in [1.807, 2.05) is 0 Å². The Morgan fingerprint density at radius 1 is 1.44 bits per heavy atom. The monoisotopic (exact) mass is 269 g/mol. The Labute approximate surface area is 101 Å². The van der Waals surface area contributed by atoms with Crippen LogP contribution in [0.2, 0.25) is 0 Å². The van der Waals surface area contributed by atoms with Gasteiger partial charge in [0.05, 0.1) is 6.20 Å². The number of anilines is 1. The molecule has 0 saturated carbocycles. The SMILES string of the molecule is O=C(O)c1cn[nH]c1S(=O)(=O)Nc1cccnn1. The third-order valence-corrected chi connectivity index (χ3v) is 3.24. The van der Waals surface area contributed by atoms with E-state index >= 15 is 0 Å². The number of rotatable bonds is 4. The number of aromatic nitrogens is 4. The lowest BCUT2D eigenvalue weighted by Crippen LogP contribution is -2.17. The van der Waals surface area contributed by atoms with E-state index in [0.717, 1.165) is 6.20 Å². The zero-order chi connectivity index (χ0) is 13.2. The summed E-state index contributed by atoms with van der Waals surface area (Å²) in [5.41, 5.74) is -0.452. The van der Waals surface area contributed by atoms with Crippen LogP contribution in [0.1, 0.15) is 10.4 Å². The van der Waals surface area contributed by atoms with Crippen LogP contribution in [-0.4, -0.2) is 39.9 Å². The Hall–Kier alpha value is -2.49. The van der Waals surface area contributed by atoms with Crippen molar-refractivity contribution in [2.24, 2.45) is 0 Å². The number of carboxylic acids is 1. The maximum absolute atomic E-state index is 11.9. The maximum Gasteiger partial charge on any atom is 0.340 e. The molecule has 0 atom stereocenters. The van der Waals surface area contributed by atoms with E-state index in [2.05, 4.69) is 25.1 Å². The number of aromatic carboxylic acids is 1. The van der Waals surface area contributed by atoms with Crippen molar-refractivity contribution in [2.75, 3.05) is 4.72 Å². The van der Waals surface area contributed by atoms with Crippen LogP contribution in [0.5, 0.6) is 0 Å². The molecule has 0 radical (unpaired) electrons. The van der Waals surface area contributed by atoms with Crippen molar-refractivity contribution >= 4 is 21.8 Å². The number of carboxylic acid groups (broad SMARTS) is 1. The number of hydrogen-bond acceptors (Lipinski definition) is 6. The van der Waals surface area contributed by atoms with Gasteiger partial charge in [-0.25, -0.2) is 4.79 Å². The van der Waals surface area contributed by atoms with E-state index in [4.69, 9.17) is 5.11 Å². The van der Waals surface area contributed by atoms with Crippen molar-refractivity contribution in [3.8, 4) is 0 Å². The fraction of sp³-hybridized carbons (Fsp3) is 0. The second-order valence-corrected chi connectivity index (χ2v) is 4.75. The molecule has 94 valence electrons. The van der Waals surface area contributed by atoms with Crippen molar-refractivity contribution in [1.29, 1.82) is 0 Å². The van der Waals surface area contributed by atoms with Gasteiger partial charge in [0.25, 0.3) is 10.0 Å². The first kappa shape index (κ1) is 12.0. The van der Waals surface area contributed by atoms with E-state index in [-0.39, 0.29) is 5.82 Å². The molecule has 0 amide bonds. The van der Waals surface area contributed by atoms with Crippen molar-refractivity contribution in [3.05, 3.63) is 30.1 Å². The molecule has 2 heterocycles. The summed E-state index contributed by atoms with van der Waals surface area (Å²) < 4.78 is 25.8. The smallest absolute Gasteiger partial charge is 0.340 e. The Morgan fingerprint density at radius 2 is 2.22 bits per heavy atom. The summed E-state index contributed by atoms with van der Waals surface area (Å²) in [6, 6.07) is 2.86. The lowest BCUT2D eigenvalue weighted by Gasteiger charge is -2.04. The molecule has 0 fully saturated rings. The van der Waals surface area contributed by atoms with Crippen molar-refractivity contribution in [3.63, 3.8) is 0 Å². The number of sulfonamides is 1. The highest BCUT2D eigenvalue weighted by Gasteiger charge is 2.25. The molecule has 2 aromatic heterocycles. The van der Waals surface area contributed by atoms with Gasteiger partial charge in [-0.2, -0.15) is 18.6 Å². The normalized spacial score (nSPS) is 11.1. The van der Waals surface area contributed by atoms with Crippen molar-refractivity contribution in [2.45, 2.75) is 5.03 Å². The van der Waals surface area contributed by atoms with Crippen LogP contribution in [0.4, 0.5) is 5.82 Å². The molecule has 3 N–H and O–H groups in total. The molecule has 10 heteroatoms. The molecule has 2 rings (SSSR count). The van der Waals surface area contributed by atoms with Gasteiger partial charge in [-0.3, -0.25) is 9.82 Å². The summed E-state index contributed by atoms with van der Waals surface area (Å²) in [6.07, 6.45) is 2.28. The summed E-state index contributed by atoms with van der Waals surface area (Å²) >= 11 is 0. The van der Waals surface area contributed by atoms with E-state index < -0.39 is 26.6 Å². The fourth-order valence-corrected chi connectivity index (χ4v) is 2.26. The van der Waals surface area contributed by atoms with Gasteiger partial charge in [0.2, 0.25) is 0 Å². The number of nitrogens with one attached hydrogen (secondary N) is 2. The molecule has 0 aliphatic heterocycles. The highest BCUT2D eigenvalue weighted by molar-refractivity contribution is 7.92. The third kappa shape index (κ3) is 2.27. The third-order valence-electron chi connectivity index (χ3n) is 1.91. The van der Waals surface area contributed by atoms with Gasteiger partial charge in [0, 0.05) is 6.20 Å². The van der Waals surface area contributed by atoms with Gasteiger partial charge in [0.15, 0.2) is 10.8 Å². The molecule has 9 nitrogen and oxygen atoms in total. The van der Waals surface area contributed by atoms with E-state index in [1.165, 1.54) is 18.3 Å². The van der Waals surface area contributed by atoms with Crippen LogP contribution in [0.15, 0.2) is 29.6 Å². The van der Waals surface area contributed by atoms with E-state index in [1.54, 1.807) is 0 Å². The minimum Gasteiger partial charge on any atom is -0.478 e. The largest absolute Gasteiger partial charge is 0.478 e. The predicted molar refractivity (Wildman–Crippen MR) is 58.4 cm³/mol. The van der Waals surface area contributed by atoms with E-state index in [9.17, 15) is 13.2 Å². The van der Waals surface area contributed by atoms with Crippen LogP contribution >= 0.6 is 0 Å². The first-order valence-electron chi connectivity index (χ1n) is 4.58. The first-order chi connectivity index (χ1) is 8.50. The van der Waals surface area contributed by atoms with Gasteiger partial charge in [-0.15, -0.1) is 5.10 Å². The molecule has 0 saturated heterocycles. The van der Waals surface area contributed by atoms with Gasteiger partial charge >= 0.3 is 5.97 Å². The average molecular weight is 269 g/mol. The molecule has 2 aromatic rings. The molecule has 0 aromatic carbocycles. The standard InChI is InChI=1S/C8H7N5O4S/c14-8(15)5-4-10-12-7(5)18(16,17)13-6-2-1-3-9-11-6/h1-4H,(H,10,12)(H,11,13)(H,14,15). The molecular formula is C8H7N5O4S. The van der Waals surface area contributed by atoms with Crippen LogP contribution in [0.25, 0.3) is 0 Å². The quantitative estimate of drug-likeness (QED) is 0.692. The highest BCUT2D eigenvalue weighted by Crippen LogP contribution is 2.15. The number of hydrogen-bond donors (Lipinski definition) is 3. The van der Waals surface area contributed by atoms with E-state index in [0.29, 0.717) is 0 Å². The predicted octanol–water partition coefficient (Wildman–Crippen LogP) is -0.301. The molecule has 0 bridgehead atoms. The van der Waals surface area contributed by atoms with Crippen LogP contribution < -0.4 is 4.72 Å². The van der Waals surface area contributed by atoms with Gasteiger partial charge in [-0.05, 0) is 12.1 Å². The number of carbonyl (C=O) groups is 1. The topological polar surface area (TPSA) is 138 Å². The van der Waals surface area contributed by atoms with Gasteiger partial charge in [-0.1, -0.05) is 0 Å². The summed E-state index contributed by atoms with van der Waals surface area (Å²) in [5, 5.41) is 20.8. The molecule has 0 aliphatic carbocycles. The Morgan fingerprint density at radius 3 is 2.83 bits per heavy atom. The van der Waals surface area contributed by atoms with Crippen LogP contribution in [0, 0.1) is 0 Å². The van der Waals surface area contributed by atoms with Crippen LogP contribution in [-0.2, 0) is 10.0 Å². The second kappa shape index (κ2) is 4.41. The number of aromatic amines is 1. The highest BCUT2D eigenvalue weighted by atomic mass is 32.2. The average Bonchev–Trinajstić information content (AvgIpc) is 2.79. The second-order valence-electron chi connectivity index (χ2n) is 3.13. The molecule has 18 heavy (non-hydrogen) atoms. The Balaban J connectivity index is 2.37. The fourth-order valence-electron chi connectivity index (χ4n) is 1.18. The molecule has 0 aliphatic rings. The summed E-state index contributed by atoms with van der Waals surface area (Å²) in [4.78, 5) is 10.8. The lowest BCUT2D eigenvalue weighted by atomic mass is 10.4. The van der Waals surface area contributed by atoms with Gasteiger partial charge in [0.1, 0.15) is 5.56 Å². The molecule has 0 unspecified atom stereocenters. The zero-order valence-corrected chi connectivity index (χ0v) is 9.55. The van der Waals surface area contributed by atoms with Gasteiger partial charge < -0.3 is 5.11 Å².